The molecule has 0 aromatic carbocycles. The molecule has 0 atom stereocenters. The molecule has 13 heavy (non-hydrogen) atoms. The van der Waals surface area contributed by atoms with Crippen LogP contribution in [-0.2, 0) is 17.8 Å². The number of hydrogen-bond acceptors (Lipinski definition) is 4. The van der Waals surface area contributed by atoms with Crippen molar-refractivity contribution in [2.75, 3.05) is 6.61 Å². The van der Waals surface area contributed by atoms with Crippen molar-refractivity contribution >= 4 is 11.6 Å². The van der Waals surface area contributed by atoms with Gasteiger partial charge in [0.15, 0.2) is 5.69 Å². The molecule has 0 N–H and O–H groups in total. The molecule has 0 saturated carbocycles. The maximum atomic E-state index is 8.76. The Kier molecular flexibility index (Phi) is 2.13. The Balaban J connectivity index is 2.58. The van der Waals surface area contributed by atoms with E-state index in [0.717, 1.165) is 11.3 Å². The van der Waals surface area contributed by atoms with Crippen molar-refractivity contribution in [1.82, 2.24) is 9.97 Å². The zero-order valence-corrected chi connectivity index (χ0v) is 7.51. The molecule has 0 bridgehead atoms. The van der Waals surface area contributed by atoms with Crippen LogP contribution in [0.3, 0.4) is 0 Å². The van der Waals surface area contributed by atoms with Gasteiger partial charge in [0.2, 0.25) is 5.28 Å². The van der Waals surface area contributed by atoms with E-state index in [2.05, 4.69) is 9.97 Å². The SMILES string of the molecule is N#Cc1nc(Cl)nc2c1COCC2. The number of nitrogens with zero attached hydrogens (tertiary/aromatic N) is 3. The van der Waals surface area contributed by atoms with Gasteiger partial charge in [0.1, 0.15) is 6.07 Å². The molecule has 2 rings (SSSR count). The van der Waals surface area contributed by atoms with Gasteiger partial charge in [-0.05, 0) is 11.6 Å². The van der Waals surface area contributed by atoms with Crippen LogP contribution >= 0.6 is 11.6 Å². The fourth-order valence-electron chi connectivity index (χ4n) is 1.29. The summed E-state index contributed by atoms with van der Waals surface area (Å²) in [5, 5.41) is 8.90. The predicted molar refractivity (Wildman–Crippen MR) is 45.1 cm³/mol. The summed E-state index contributed by atoms with van der Waals surface area (Å²) in [6, 6.07) is 1.98. The number of halogens is 1. The Morgan fingerprint density at radius 1 is 1.46 bits per heavy atom. The second-order valence-electron chi connectivity index (χ2n) is 2.68. The molecule has 1 aliphatic rings. The topological polar surface area (TPSA) is 58.8 Å². The number of hydrogen-bond donors (Lipinski definition) is 0. The Morgan fingerprint density at radius 3 is 3.08 bits per heavy atom. The number of aromatic nitrogens is 2. The number of fused-ring (bicyclic) bond motifs is 1. The molecular weight excluding hydrogens is 190 g/mol. The van der Waals surface area contributed by atoms with E-state index in [1.165, 1.54) is 0 Å². The van der Waals surface area contributed by atoms with Crippen LogP contribution in [0.25, 0.3) is 0 Å². The van der Waals surface area contributed by atoms with Gasteiger partial charge in [-0.2, -0.15) is 5.26 Å². The first-order valence-electron chi connectivity index (χ1n) is 3.84. The van der Waals surface area contributed by atoms with Crippen molar-refractivity contribution in [3.8, 4) is 6.07 Å². The summed E-state index contributed by atoms with van der Waals surface area (Å²) in [6.07, 6.45) is 0.701. The molecule has 66 valence electrons. The van der Waals surface area contributed by atoms with Gasteiger partial charge in [0, 0.05) is 12.0 Å². The van der Waals surface area contributed by atoms with Gasteiger partial charge >= 0.3 is 0 Å². The van der Waals surface area contributed by atoms with E-state index in [-0.39, 0.29) is 5.28 Å². The molecule has 0 unspecified atom stereocenters. The highest BCUT2D eigenvalue weighted by Crippen LogP contribution is 2.18. The number of rotatable bonds is 0. The second kappa shape index (κ2) is 3.29. The van der Waals surface area contributed by atoms with Gasteiger partial charge in [-0.15, -0.1) is 0 Å². The smallest absolute Gasteiger partial charge is 0.223 e. The minimum Gasteiger partial charge on any atom is -0.376 e. The first kappa shape index (κ1) is 8.42. The van der Waals surface area contributed by atoms with Crippen molar-refractivity contribution < 1.29 is 4.74 Å². The third-order valence-corrected chi connectivity index (χ3v) is 2.07. The normalized spacial score (nSPS) is 14.8. The molecule has 1 aromatic heterocycles. The average Bonchev–Trinajstić information content (AvgIpc) is 2.16. The minimum atomic E-state index is 0.136. The molecule has 4 nitrogen and oxygen atoms in total. The van der Waals surface area contributed by atoms with Crippen molar-refractivity contribution in [2.24, 2.45) is 0 Å². The van der Waals surface area contributed by atoms with Crippen LogP contribution in [0, 0.1) is 11.3 Å². The van der Waals surface area contributed by atoms with E-state index < -0.39 is 0 Å². The summed E-state index contributed by atoms with van der Waals surface area (Å²) < 4.78 is 5.20. The number of nitriles is 1. The summed E-state index contributed by atoms with van der Waals surface area (Å²) in [7, 11) is 0. The largest absolute Gasteiger partial charge is 0.376 e. The Labute approximate surface area is 80.1 Å². The Hall–Kier alpha value is -1.18. The molecule has 0 fully saturated rings. The van der Waals surface area contributed by atoms with Gasteiger partial charge in [-0.3, -0.25) is 0 Å². The third-order valence-electron chi connectivity index (χ3n) is 1.90. The van der Waals surface area contributed by atoms with Crippen LogP contribution in [0.4, 0.5) is 0 Å². The molecule has 5 heteroatoms. The van der Waals surface area contributed by atoms with E-state index >= 15 is 0 Å². The van der Waals surface area contributed by atoms with Gasteiger partial charge in [0.25, 0.3) is 0 Å². The van der Waals surface area contributed by atoms with Crippen LogP contribution in [0.2, 0.25) is 5.28 Å². The van der Waals surface area contributed by atoms with Gasteiger partial charge in [-0.1, -0.05) is 0 Å². The minimum absolute atomic E-state index is 0.136. The predicted octanol–water partition coefficient (Wildman–Crippen LogP) is 1.07. The van der Waals surface area contributed by atoms with E-state index in [9.17, 15) is 0 Å². The zero-order valence-electron chi connectivity index (χ0n) is 6.75. The van der Waals surface area contributed by atoms with Crippen molar-refractivity contribution in [2.45, 2.75) is 13.0 Å². The quantitative estimate of drug-likeness (QED) is 0.581. The molecular formula is C8H6ClN3O. The van der Waals surface area contributed by atoms with Gasteiger partial charge in [0.05, 0.1) is 18.9 Å². The lowest BCUT2D eigenvalue weighted by molar-refractivity contribution is 0.108. The van der Waals surface area contributed by atoms with Crippen molar-refractivity contribution in [3.05, 3.63) is 22.2 Å². The molecule has 0 amide bonds. The van der Waals surface area contributed by atoms with E-state index in [1.807, 2.05) is 6.07 Å². The fourth-order valence-corrected chi connectivity index (χ4v) is 1.48. The van der Waals surface area contributed by atoms with E-state index in [0.29, 0.717) is 25.3 Å². The monoisotopic (exact) mass is 195 g/mol. The molecule has 1 aliphatic heterocycles. The average molecular weight is 196 g/mol. The van der Waals surface area contributed by atoms with Crippen LogP contribution < -0.4 is 0 Å². The standard InChI is InChI=1S/C8H6ClN3O/c9-8-11-6-1-2-13-4-5(6)7(3-10)12-8/h1-2,4H2. The maximum absolute atomic E-state index is 8.76. The van der Waals surface area contributed by atoms with Crippen molar-refractivity contribution in [3.63, 3.8) is 0 Å². The highest BCUT2D eigenvalue weighted by molar-refractivity contribution is 6.28. The van der Waals surface area contributed by atoms with E-state index in [1.54, 1.807) is 0 Å². The third kappa shape index (κ3) is 1.48. The molecule has 0 aliphatic carbocycles. The molecule has 0 saturated heterocycles. The Bertz CT molecular complexity index is 386. The first-order chi connectivity index (χ1) is 6.31. The summed E-state index contributed by atoms with van der Waals surface area (Å²) in [5.41, 5.74) is 1.94. The lowest BCUT2D eigenvalue weighted by atomic mass is 10.1. The molecule has 2 heterocycles. The fraction of sp³-hybridized carbons (Fsp3) is 0.375. The second-order valence-corrected chi connectivity index (χ2v) is 3.02. The van der Waals surface area contributed by atoms with E-state index in [4.69, 9.17) is 21.6 Å². The van der Waals surface area contributed by atoms with Crippen LogP contribution in [0.15, 0.2) is 0 Å². The van der Waals surface area contributed by atoms with Crippen LogP contribution in [0.5, 0.6) is 0 Å². The zero-order chi connectivity index (χ0) is 9.26. The first-order valence-corrected chi connectivity index (χ1v) is 4.22. The number of ether oxygens (including phenoxy) is 1. The summed E-state index contributed by atoms with van der Waals surface area (Å²) in [4.78, 5) is 7.86. The van der Waals surface area contributed by atoms with Gasteiger partial charge in [-0.25, -0.2) is 9.97 Å². The lowest BCUT2D eigenvalue weighted by Gasteiger charge is -2.15. The van der Waals surface area contributed by atoms with Crippen LogP contribution in [0.1, 0.15) is 17.0 Å². The summed E-state index contributed by atoms with van der Waals surface area (Å²) >= 11 is 5.65. The molecule has 1 aromatic rings. The summed E-state index contributed by atoms with van der Waals surface area (Å²) in [5.74, 6) is 0. The van der Waals surface area contributed by atoms with Gasteiger partial charge < -0.3 is 4.74 Å². The highest BCUT2D eigenvalue weighted by Gasteiger charge is 2.17. The lowest BCUT2D eigenvalue weighted by Crippen LogP contribution is -2.14. The van der Waals surface area contributed by atoms with Crippen LogP contribution in [-0.4, -0.2) is 16.6 Å². The summed E-state index contributed by atoms with van der Waals surface area (Å²) in [6.45, 7) is 1.04. The molecule has 0 radical (unpaired) electrons. The maximum Gasteiger partial charge on any atom is 0.223 e. The molecule has 0 spiro atoms. The highest BCUT2D eigenvalue weighted by atomic mass is 35.5. The van der Waals surface area contributed by atoms with Crippen molar-refractivity contribution in [1.29, 1.82) is 5.26 Å². The Morgan fingerprint density at radius 2 is 2.31 bits per heavy atom.